The summed E-state index contributed by atoms with van der Waals surface area (Å²) in [5.41, 5.74) is 11.2. The van der Waals surface area contributed by atoms with Gasteiger partial charge < -0.3 is 27.2 Å². The highest BCUT2D eigenvalue weighted by Crippen LogP contribution is 2.13. The van der Waals surface area contributed by atoms with Crippen LogP contribution in [0, 0.1) is 12.8 Å². The van der Waals surface area contributed by atoms with Crippen LogP contribution >= 0.6 is 0 Å². The number of guanidine groups is 1. The number of hydrogen-bond acceptors (Lipinski definition) is 4. The number of nitrogens with one attached hydrogen (secondary N) is 2. The minimum absolute atomic E-state index is 0.00398. The van der Waals surface area contributed by atoms with Gasteiger partial charge >= 0.3 is 5.97 Å². The van der Waals surface area contributed by atoms with Crippen molar-refractivity contribution in [3.8, 4) is 12.8 Å². The predicted octanol–water partition coefficient (Wildman–Crippen LogP) is -0.838. The van der Waals surface area contributed by atoms with E-state index in [9.17, 15) is 14.4 Å². The molecule has 0 spiro atoms. The first-order valence-corrected chi connectivity index (χ1v) is 6.68. The van der Waals surface area contributed by atoms with Crippen molar-refractivity contribution in [3.63, 3.8) is 0 Å². The van der Waals surface area contributed by atoms with Crippen molar-refractivity contribution in [2.45, 2.75) is 6.42 Å². The molecule has 1 aromatic rings. The van der Waals surface area contributed by atoms with E-state index in [1.165, 1.54) is 6.07 Å². The zero-order valence-electron chi connectivity index (χ0n) is 12.9. The maximum absolute atomic E-state index is 11.9. The van der Waals surface area contributed by atoms with Crippen LogP contribution in [0.3, 0.4) is 0 Å². The van der Waals surface area contributed by atoms with Gasteiger partial charge in [0.15, 0.2) is 5.96 Å². The third kappa shape index (κ3) is 8.68. The molecule has 128 valence electrons. The van der Waals surface area contributed by atoms with Crippen LogP contribution in [0.4, 0.5) is 5.69 Å². The number of hydrogen-bond donors (Lipinski definition) is 5. The molecule has 1 aromatic carbocycles. The molecule has 0 heterocycles. The first-order chi connectivity index (χ1) is 11.4. The lowest BCUT2D eigenvalue weighted by Gasteiger charge is -2.06. The van der Waals surface area contributed by atoms with E-state index in [4.69, 9.17) is 16.6 Å². The van der Waals surface area contributed by atoms with E-state index in [-0.39, 0.29) is 25.5 Å². The van der Waals surface area contributed by atoms with Crippen molar-refractivity contribution in [3.05, 3.63) is 29.8 Å². The largest absolute Gasteiger partial charge is 0.481 e. The topological polar surface area (TPSA) is 160 Å². The van der Waals surface area contributed by atoms with Gasteiger partial charge in [-0.1, -0.05) is 6.07 Å². The summed E-state index contributed by atoms with van der Waals surface area (Å²) in [6.07, 6.45) is 7.82. The number of amides is 2. The third-order valence-electron chi connectivity index (χ3n) is 2.44. The lowest BCUT2D eigenvalue weighted by molar-refractivity contribution is -0.136. The van der Waals surface area contributed by atoms with Crippen LogP contribution in [0.2, 0.25) is 0 Å². The number of rotatable bonds is 7. The minimum atomic E-state index is -1.01. The Morgan fingerprint density at radius 2 is 1.83 bits per heavy atom. The van der Waals surface area contributed by atoms with E-state index >= 15 is 0 Å². The number of nitrogens with two attached hydrogens (primary N) is 2. The fourth-order valence-corrected chi connectivity index (χ4v) is 1.50. The maximum atomic E-state index is 11.9. The third-order valence-corrected chi connectivity index (χ3v) is 2.44. The maximum Gasteiger partial charge on any atom is 0.305 e. The van der Waals surface area contributed by atoms with Gasteiger partial charge in [0.25, 0.3) is 5.91 Å². The lowest BCUT2D eigenvalue weighted by atomic mass is 10.2. The Morgan fingerprint density at radius 1 is 1.17 bits per heavy atom. The summed E-state index contributed by atoms with van der Waals surface area (Å²) in [7, 11) is 0. The van der Waals surface area contributed by atoms with Gasteiger partial charge in [0.05, 0.1) is 18.7 Å². The second-order valence-corrected chi connectivity index (χ2v) is 4.26. The lowest BCUT2D eigenvalue weighted by Crippen LogP contribution is -2.37. The van der Waals surface area contributed by atoms with Crippen molar-refractivity contribution in [1.82, 2.24) is 10.6 Å². The van der Waals surface area contributed by atoms with Crippen molar-refractivity contribution in [2.24, 2.45) is 16.5 Å². The quantitative estimate of drug-likeness (QED) is 0.248. The summed E-state index contributed by atoms with van der Waals surface area (Å²) in [5.74, 6) is -2.09. The monoisotopic (exact) mass is 333 g/mol. The van der Waals surface area contributed by atoms with Gasteiger partial charge in [-0.15, -0.1) is 12.8 Å². The fraction of sp³-hybridized carbons (Fsp3) is 0.200. The number of carbonyl (C=O) groups is 3. The number of nitrogens with zero attached hydrogens (tertiary/aromatic N) is 1. The van der Waals surface area contributed by atoms with Crippen LogP contribution < -0.4 is 22.1 Å². The molecule has 0 saturated heterocycles. The normalized spacial score (nSPS) is 8.92. The molecule has 0 aliphatic carbocycles. The van der Waals surface area contributed by atoms with Crippen LogP contribution in [-0.2, 0) is 9.59 Å². The van der Waals surface area contributed by atoms with E-state index in [1.54, 1.807) is 18.2 Å². The molecule has 0 aromatic heterocycles. The molecule has 0 radical (unpaired) electrons. The van der Waals surface area contributed by atoms with Crippen molar-refractivity contribution in [2.75, 3.05) is 13.1 Å². The van der Waals surface area contributed by atoms with Crippen LogP contribution in [0.5, 0.6) is 0 Å². The van der Waals surface area contributed by atoms with Crippen LogP contribution in [-0.4, -0.2) is 41.9 Å². The molecule has 0 unspecified atom stereocenters. The van der Waals surface area contributed by atoms with Crippen molar-refractivity contribution >= 4 is 29.4 Å². The molecule has 0 atom stereocenters. The average Bonchev–Trinajstić information content (AvgIpc) is 2.53. The van der Waals surface area contributed by atoms with Crippen molar-refractivity contribution in [1.29, 1.82) is 0 Å². The number of carboxylic acids is 1. The van der Waals surface area contributed by atoms with E-state index < -0.39 is 17.8 Å². The molecule has 24 heavy (non-hydrogen) atoms. The molecule has 2 amide bonds. The molecule has 0 bridgehead atoms. The molecule has 9 nitrogen and oxygen atoms in total. The number of carbonyl (C=O) groups excluding carboxylic acids is 2. The van der Waals surface area contributed by atoms with Gasteiger partial charge in [-0.05, 0) is 18.2 Å². The smallest absolute Gasteiger partial charge is 0.305 e. The Bertz CT molecular complexity index is 636. The van der Waals surface area contributed by atoms with Crippen LogP contribution in [0.25, 0.3) is 0 Å². The van der Waals surface area contributed by atoms with Gasteiger partial charge in [0, 0.05) is 12.1 Å². The Balaban J connectivity index is 0.00000254. The summed E-state index contributed by atoms with van der Waals surface area (Å²) in [6, 6.07) is 6.24. The SMILES string of the molecule is C#C.NC(N)=Nc1cccc(C(=O)NCC(=O)NCCC(=O)O)c1. The first-order valence-electron chi connectivity index (χ1n) is 6.68. The summed E-state index contributed by atoms with van der Waals surface area (Å²) in [5, 5.41) is 13.2. The van der Waals surface area contributed by atoms with E-state index in [2.05, 4.69) is 28.5 Å². The first kappa shape index (κ1) is 20.5. The number of benzene rings is 1. The molecule has 1 rings (SSSR count). The van der Waals surface area contributed by atoms with Gasteiger partial charge in [-0.2, -0.15) is 0 Å². The summed E-state index contributed by atoms with van der Waals surface area (Å²) in [6.45, 7) is -0.255. The number of aliphatic imine (C=N–C) groups is 1. The molecule has 7 N–H and O–H groups in total. The van der Waals surface area contributed by atoms with E-state index in [1.807, 2.05) is 0 Å². The highest BCUT2D eigenvalue weighted by atomic mass is 16.4. The Labute approximate surface area is 139 Å². The number of aliphatic carboxylic acids is 1. The Kier molecular flexibility index (Phi) is 9.45. The molecular weight excluding hydrogens is 314 g/mol. The zero-order chi connectivity index (χ0) is 18.5. The second kappa shape index (κ2) is 11.1. The summed E-state index contributed by atoms with van der Waals surface area (Å²) < 4.78 is 0. The number of carboxylic acid groups (broad SMARTS) is 1. The second-order valence-electron chi connectivity index (χ2n) is 4.26. The molecule has 0 aliphatic heterocycles. The minimum Gasteiger partial charge on any atom is -0.481 e. The highest BCUT2D eigenvalue weighted by Gasteiger charge is 2.08. The fourth-order valence-electron chi connectivity index (χ4n) is 1.50. The molecule has 0 fully saturated rings. The zero-order valence-corrected chi connectivity index (χ0v) is 12.9. The van der Waals surface area contributed by atoms with Crippen LogP contribution in [0.1, 0.15) is 16.8 Å². The van der Waals surface area contributed by atoms with E-state index in [0.29, 0.717) is 11.3 Å². The standard InChI is InChI=1S/C13H17N5O4.C2H2/c14-13(15)18-9-3-1-2-8(6-9)12(22)17-7-10(19)16-5-4-11(20)21;1-2/h1-3,6H,4-5,7H2,(H,16,19)(H,17,22)(H,20,21)(H4,14,15,18);1-2H. The molecule has 9 heteroatoms. The Hall–Kier alpha value is -3.54. The molecule has 0 saturated carbocycles. The van der Waals surface area contributed by atoms with Crippen molar-refractivity contribution < 1.29 is 19.5 Å². The summed E-state index contributed by atoms with van der Waals surface area (Å²) >= 11 is 0. The van der Waals surface area contributed by atoms with Gasteiger partial charge in [0.2, 0.25) is 5.91 Å². The molecular formula is C15H19N5O4. The molecule has 0 aliphatic rings. The number of terminal acetylenes is 1. The van der Waals surface area contributed by atoms with Gasteiger partial charge in [-0.25, -0.2) is 4.99 Å². The highest BCUT2D eigenvalue weighted by molar-refractivity contribution is 5.97. The van der Waals surface area contributed by atoms with Gasteiger partial charge in [0.1, 0.15) is 0 Å². The van der Waals surface area contributed by atoms with E-state index in [0.717, 1.165) is 0 Å². The van der Waals surface area contributed by atoms with Crippen LogP contribution in [0.15, 0.2) is 29.3 Å². The summed E-state index contributed by atoms with van der Waals surface area (Å²) in [4.78, 5) is 37.4. The van der Waals surface area contributed by atoms with Gasteiger partial charge in [-0.3, -0.25) is 14.4 Å². The predicted molar refractivity (Wildman–Crippen MR) is 89.4 cm³/mol. The Morgan fingerprint density at radius 3 is 2.42 bits per heavy atom. The average molecular weight is 333 g/mol.